The Bertz CT molecular complexity index is 647. The van der Waals surface area contributed by atoms with Crippen LogP contribution in [0.1, 0.15) is 30.4 Å². The van der Waals surface area contributed by atoms with Crippen LogP contribution >= 0.6 is 23.2 Å². The normalized spacial score (nSPS) is 19.5. The van der Waals surface area contributed by atoms with Gasteiger partial charge in [0.25, 0.3) is 0 Å². The first-order valence-corrected chi connectivity index (χ1v) is 8.01. The highest BCUT2D eigenvalue weighted by Crippen LogP contribution is 2.29. The van der Waals surface area contributed by atoms with Crippen molar-refractivity contribution in [2.45, 2.75) is 26.0 Å². The van der Waals surface area contributed by atoms with E-state index in [0.717, 1.165) is 25.1 Å². The lowest BCUT2D eigenvalue weighted by Crippen LogP contribution is -2.37. The summed E-state index contributed by atoms with van der Waals surface area (Å²) in [7, 11) is 0. The molecule has 0 bridgehead atoms. The van der Waals surface area contributed by atoms with Crippen LogP contribution in [-0.4, -0.2) is 34.8 Å². The summed E-state index contributed by atoms with van der Waals surface area (Å²) in [6, 6.07) is 5.61. The number of halogens is 2. The van der Waals surface area contributed by atoms with Gasteiger partial charge in [0, 0.05) is 19.5 Å². The van der Waals surface area contributed by atoms with Crippen LogP contribution in [0.4, 0.5) is 0 Å². The molecule has 1 aromatic heterocycles. The molecular weight excluding hydrogens is 325 g/mol. The van der Waals surface area contributed by atoms with Crippen LogP contribution in [0.2, 0.25) is 10.0 Å². The highest BCUT2D eigenvalue weighted by atomic mass is 35.5. The fraction of sp³-hybridized carbons (Fsp3) is 0.467. The summed E-state index contributed by atoms with van der Waals surface area (Å²) in [4.78, 5) is 2.24. The van der Waals surface area contributed by atoms with Gasteiger partial charge in [0.2, 0.25) is 11.8 Å². The highest BCUT2D eigenvalue weighted by Gasteiger charge is 2.24. The van der Waals surface area contributed by atoms with Crippen LogP contribution in [0, 0.1) is 0 Å². The molecule has 7 heteroatoms. The lowest BCUT2D eigenvalue weighted by molar-refractivity contribution is -0.0352. The molecule has 118 valence electrons. The molecule has 0 saturated carbocycles. The lowest BCUT2D eigenvalue weighted by Gasteiger charge is -2.32. The molecular formula is C15H17Cl2N3O2. The number of nitrogens with zero attached hydrogens (tertiary/aromatic N) is 3. The van der Waals surface area contributed by atoms with Crippen LogP contribution in [0.5, 0.6) is 0 Å². The second kappa shape index (κ2) is 6.96. The predicted octanol–water partition coefficient (Wildman–Crippen LogP) is 3.51. The summed E-state index contributed by atoms with van der Waals surface area (Å²) in [5.41, 5.74) is 1.03. The molecule has 0 spiro atoms. The molecule has 0 amide bonds. The van der Waals surface area contributed by atoms with Crippen molar-refractivity contribution in [2.24, 2.45) is 0 Å². The van der Waals surface area contributed by atoms with Gasteiger partial charge in [-0.1, -0.05) is 36.2 Å². The van der Waals surface area contributed by atoms with E-state index in [4.69, 9.17) is 32.4 Å². The quantitative estimate of drug-likeness (QED) is 0.851. The van der Waals surface area contributed by atoms with E-state index in [1.165, 1.54) is 0 Å². The van der Waals surface area contributed by atoms with E-state index in [1.807, 2.05) is 19.1 Å². The molecule has 1 fully saturated rings. The Morgan fingerprint density at radius 1 is 1.23 bits per heavy atom. The first kappa shape index (κ1) is 15.7. The second-order valence-electron chi connectivity index (χ2n) is 5.21. The number of benzene rings is 1. The first-order valence-electron chi connectivity index (χ1n) is 7.26. The van der Waals surface area contributed by atoms with E-state index in [-0.39, 0.29) is 6.10 Å². The van der Waals surface area contributed by atoms with Gasteiger partial charge in [0.1, 0.15) is 0 Å². The molecule has 1 aromatic carbocycles. The van der Waals surface area contributed by atoms with Crippen LogP contribution in [0.3, 0.4) is 0 Å². The summed E-state index contributed by atoms with van der Waals surface area (Å²) in [5, 5.41) is 9.16. The molecule has 1 unspecified atom stereocenters. The molecule has 1 aliphatic rings. The van der Waals surface area contributed by atoms with Crippen LogP contribution < -0.4 is 0 Å². The zero-order valence-corrected chi connectivity index (χ0v) is 13.8. The van der Waals surface area contributed by atoms with E-state index in [1.54, 1.807) is 6.07 Å². The van der Waals surface area contributed by atoms with Gasteiger partial charge in [-0.15, -0.1) is 10.2 Å². The van der Waals surface area contributed by atoms with E-state index in [0.29, 0.717) is 35.0 Å². The number of aryl methyl sites for hydroxylation is 1. The maximum Gasteiger partial charge on any atom is 0.230 e. The number of ether oxygens (including phenoxy) is 1. The van der Waals surface area contributed by atoms with Gasteiger partial charge in [0.05, 0.1) is 29.3 Å². The molecule has 0 N–H and O–H groups in total. The third-order valence-electron chi connectivity index (χ3n) is 3.64. The largest absolute Gasteiger partial charge is 0.424 e. The van der Waals surface area contributed by atoms with E-state index in [2.05, 4.69) is 15.1 Å². The van der Waals surface area contributed by atoms with Crippen molar-refractivity contribution in [3.05, 3.63) is 45.6 Å². The van der Waals surface area contributed by atoms with Crippen LogP contribution in [0.15, 0.2) is 22.6 Å². The van der Waals surface area contributed by atoms with Crippen molar-refractivity contribution in [2.75, 3.05) is 19.7 Å². The highest BCUT2D eigenvalue weighted by molar-refractivity contribution is 6.42. The number of rotatable bonds is 4. The summed E-state index contributed by atoms with van der Waals surface area (Å²) in [6.07, 6.45) is 0.722. The Morgan fingerprint density at radius 2 is 2.05 bits per heavy atom. The minimum atomic E-state index is -0.0305. The number of aromatic nitrogens is 2. The summed E-state index contributed by atoms with van der Waals surface area (Å²) in [5.74, 6) is 1.32. The van der Waals surface area contributed by atoms with Gasteiger partial charge in [0.15, 0.2) is 0 Å². The zero-order valence-electron chi connectivity index (χ0n) is 12.3. The fourth-order valence-electron chi connectivity index (χ4n) is 2.45. The average molecular weight is 342 g/mol. The van der Waals surface area contributed by atoms with Crippen molar-refractivity contribution >= 4 is 23.2 Å². The minimum Gasteiger partial charge on any atom is -0.424 e. The second-order valence-corrected chi connectivity index (χ2v) is 6.03. The van der Waals surface area contributed by atoms with Crippen LogP contribution in [-0.2, 0) is 17.7 Å². The number of morpholine rings is 1. The first-order chi connectivity index (χ1) is 10.7. The molecule has 3 rings (SSSR count). The van der Waals surface area contributed by atoms with Gasteiger partial charge in [-0.3, -0.25) is 4.90 Å². The summed E-state index contributed by atoms with van der Waals surface area (Å²) >= 11 is 12.0. The van der Waals surface area contributed by atoms with Gasteiger partial charge >= 0.3 is 0 Å². The van der Waals surface area contributed by atoms with Crippen molar-refractivity contribution in [1.29, 1.82) is 0 Å². The summed E-state index contributed by atoms with van der Waals surface area (Å²) < 4.78 is 11.4. The molecule has 2 heterocycles. The van der Waals surface area contributed by atoms with Gasteiger partial charge < -0.3 is 9.15 Å². The Hall–Kier alpha value is -1.14. The molecule has 1 aliphatic heterocycles. The molecule has 2 aromatic rings. The SMILES string of the molecule is CCc1nnc(CN2CCOC(c3ccc(Cl)c(Cl)c3)C2)o1. The van der Waals surface area contributed by atoms with E-state index >= 15 is 0 Å². The monoisotopic (exact) mass is 341 g/mol. The third kappa shape index (κ3) is 3.60. The minimum absolute atomic E-state index is 0.0305. The predicted molar refractivity (Wildman–Crippen MR) is 84.1 cm³/mol. The van der Waals surface area contributed by atoms with Crippen molar-refractivity contribution in [1.82, 2.24) is 15.1 Å². The van der Waals surface area contributed by atoms with Crippen molar-refractivity contribution in [3.8, 4) is 0 Å². The average Bonchev–Trinajstić information content (AvgIpc) is 2.98. The Kier molecular flexibility index (Phi) is 4.98. The van der Waals surface area contributed by atoms with E-state index < -0.39 is 0 Å². The topological polar surface area (TPSA) is 51.4 Å². The number of hydrogen-bond donors (Lipinski definition) is 0. The van der Waals surface area contributed by atoms with E-state index in [9.17, 15) is 0 Å². The molecule has 1 atom stereocenters. The van der Waals surface area contributed by atoms with Gasteiger partial charge in [-0.2, -0.15) is 0 Å². The van der Waals surface area contributed by atoms with Gasteiger partial charge in [-0.05, 0) is 17.7 Å². The van der Waals surface area contributed by atoms with Crippen molar-refractivity contribution in [3.63, 3.8) is 0 Å². The fourth-order valence-corrected chi connectivity index (χ4v) is 2.75. The Labute approximate surface area is 139 Å². The van der Waals surface area contributed by atoms with Gasteiger partial charge in [-0.25, -0.2) is 0 Å². The maximum absolute atomic E-state index is 6.08. The molecule has 0 radical (unpaired) electrons. The number of hydrogen-bond acceptors (Lipinski definition) is 5. The molecule has 5 nitrogen and oxygen atoms in total. The lowest BCUT2D eigenvalue weighted by atomic mass is 10.1. The molecule has 1 saturated heterocycles. The van der Waals surface area contributed by atoms with Crippen LogP contribution in [0.25, 0.3) is 0 Å². The Morgan fingerprint density at radius 3 is 2.77 bits per heavy atom. The zero-order chi connectivity index (χ0) is 15.5. The standard InChI is InChI=1S/C15H17Cl2N3O2/c1-2-14-18-19-15(22-14)9-20-5-6-21-13(8-20)10-3-4-11(16)12(17)7-10/h3-4,7,13H,2,5-6,8-9H2,1H3. The maximum atomic E-state index is 6.08. The molecule has 0 aliphatic carbocycles. The Balaban J connectivity index is 1.67. The van der Waals surface area contributed by atoms with Crippen molar-refractivity contribution < 1.29 is 9.15 Å². The third-order valence-corrected chi connectivity index (χ3v) is 4.38. The summed E-state index contributed by atoms with van der Waals surface area (Å²) in [6.45, 7) is 4.86. The molecule has 22 heavy (non-hydrogen) atoms. The smallest absolute Gasteiger partial charge is 0.230 e.